The van der Waals surface area contributed by atoms with E-state index < -0.39 is 5.69 Å². The molecule has 1 saturated heterocycles. The smallest absolute Gasteiger partial charge is 0.329 e. The van der Waals surface area contributed by atoms with Crippen molar-refractivity contribution in [1.82, 2.24) is 14.5 Å². The van der Waals surface area contributed by atoms with Gasteiger partial charge in [-0.15, -0.1) is 0 Å². The standard InChI is InChI=1S/C13H22N4O2/c1-8-4-9(2)6-17(5-8)7-10-11(14)16(3)13(19)15-12(10)18/h8-9H,4-7,14H2,1-3H3,(H,15,18,19)/t8-,9+. The van der Waals surface area contributed by atoms with Crippen LogP contribution in [0.1, 0.15) is 25.8 Å². The molecule has 3 N–H and O–H groups in total. The van der Waals surface area contributed by atoms with Gasteiger partial charge in [0.05, 0.1) is 5.56 Å². The van der Waals surface area contributed by atoms with Crippen molar-refractivity contribution in [2.24, 2.45) is 18.9 Å². The molecular weight excluding hydrogens is 244 g/mol. The third-order valence-electron chi connectivity index (χ3n) is 3.80. The molecule has 2 heterocycles. The van der Waals surface area contributed by atoms with Gasteiger partial charge in [0.1, 0.15) is 5.82 Å². The summed E-state index contributed by atoms with van der Waals surface area (Å²) in [5.41, 5.74) is 5.54. The molecule has 1 aliphatic heterocycles. The molecule has 0 bridgehead atoms. The average Bonchev–Trinajstić information content (AvgIpc) is 2.31. The van der Waals surface area contributed by atoms with Crippen LogP contribution >= 0.6 is 0 Å². The van der Waals surface area contributed by atoms with Gasteiger partial charge in [-0.25, -0.2) is 4.79 Å². The molecule has 0 radical (unpaired) electrons. The van der Waals surface area contributed by atoms with Crippen LogP contribution in [0.5, 0.6) is 0 Å². The first-order chi connectivity index (χ1) is 8.88. The number of H-pyrrole nitrogens is 1. The van der Waals surface area contributed by atoms with Gasteiger partial charge in [-0.3, -0.25) is 19.2 Å². The first kappa shape index (κ1) is 13.9. The fourth-order valence-corrected chi connectivity index (χ4v) is 2.98. The molecule has 6 heteroatoms. The number of aromatic nitrogens is 2. The predicted molar refractivity (Wildman–Crippen MR) is 74.9 cm³/mol. The molecule has 0 amide bonds. The Morgan fingerprint density at radius 3 is 2.42 bits per heavy atom. The Bertz CT molecular complexity index is 565. The summed E-state index contributed by atoms with van der Waals surface area (Å²) in [4.78, 5) is 27.8. The van der Waals surface area contributed by atoms with Crippen LogP contribution in [0.4, 0.5) is 5.82 Å². The molecule has 6 nitrogen and oxygen atoms in total. The number of nitrogens with two attached hydrogens (primary N) is 1. The van der Waals surface area contributed by atoms with E-state index in [-0.39, 0.29) is 11.4 Å². The topological polar surface area (TPSA) is 84.1 Å². The monoisotopic (exact) mass is 266 g/mol. The van der Waals surface area contributed by atoms with E-state index in [1.54, 1.807) is 7.05 Å². The average molecular weight is 266 g/mol. The molecule has 1 aromatic heterocycles. The van der Waals surface area contributed by atoms with E-state index in [2.05, 4.69) is 23.7 Å². The van der Waals surface area contributed by atoms with Crippen molar-refractivity contribution < 1.29 is 0 Å². The molecule has 0 aromatic carbocycles. The van der Waals surface area contributed by atoms with Gasteiger partial charge in [-0.1, -0.05) is 13.8 Å². The van der Waals surface area contributed by atoms with Crippen LogP contribution in [0, 0.1) is 11.8 Å². The number of nitrogen functional groups attached to an aromatic ring is 1. The first-order valence-corrected chi connectivity index (χ1v) is 6.68. The summed E-state index contributed by atoms with van der Waals surface area (Å²) in [5, 5.41) is 0. The van der Waals surface area contributed by atoms with E-state index in [0.717, 1.165) is 13.1 Å². The highest BCUT2D eigenvalue weighted by atomic mass is 16.2. The molecule has 2 rings (SSSR count). The molecule has 19 heavy (non-hydrogen) atoms. The minimum absolute atomic E-state index is 0.264. The summed E-state index contributed by atoms with van der Waals surface area (Å²) in [5.74, 6) is 1.51. The Kier molecular flexibility index (Phi) is 3.80. The largest absolute Gasteiger partial charge is 0.385 e. The maximum Gasteiger partial charge on any atom is 0.329 e. The van der Waals surface area contributed by atoms with Gasteiger partial charge >= 0.3 is 5.69 Å². The quantitative estimate of drug-likeness (QED) is 0.797. The van der Waals surface area contributed by atoms with Gasteiger partial charge < -0.3 is 5.73 Å². The van der Waals surface area contributed by atoms with Crippen molar-refractivity contribution in [3.63, 3.8) is 0 Å². The minimum atomic E-state index is -0.466. The summed E-state index contributed by atoms with van der Waals surface area (Å²) in [6.45, 7) is 6.87. The molecule has 0 aliphatic carbocycles. The Hall–Kier alpha value is -1.56. The number of rotatable bonds is 2. The second-order valence-corrected chi connectivity index (χ2v) is 5.82. The lowest BCUT2D eigenvalue weighted by Crippen LogP contribution is -2.41. The highest BCUT2D eigenvalue weighted by molar-refractivity contribution is 5.37. The van der Waals surface area contributed by atoms with Gasteiger partial charge in [0, 0.05) is 26.7 Å². The van der Waals surface area contributed by atoms with Crippen LogP contribution in [-0.4, -0.2) is 27.5 Å². The first-order valence-electron chi connectivity index (χ1n) is 6.68. The fraction of sp³-hybridized carbons (Fsp3) is 0.692. The second kappa shape index (κ2) is 5.21. The number of likely N-dealkylation sites (tertiary alicyclic amines) is 1. The van der Waals surface area contributed by atoms with Gasteiger partial charge in [0.25, 0.3) is 5.56 Å². The van der Waals surface area contributed by atoms with E-state index >= 15 is 0 Å². The predicted octanol–water partition coefficient (Wildman–Crippen LogP) is 0.134. The molecule has 106 valence electrons. The second-order valence-electron chi connectivity index (χ2n) is 5.82. The van der Waals surface area contributed by atoms with Gasteiger partial charge in [0.2, 0.25) is 0 Å². The van der Waals surface area contributed by atoms with Crippen molar-refractivity contribution in [2.75, 3.05) is 18.8 Å². The van der Waals surface area contributed by atoms with E-state index in [0.29, 0.717) is 23.9 Å². The van der Waals surface area contributed by atoms with Crippen molar-refractivity contribution in [1.29, 1.82) is 0 Å². The number of nitrogens with zero attached hydrogens (tertiary/aromatic N) is 2. The number of hydrogen-bond acceptors (Lipinski definition) is 4. The van der Waals surface area contributed by atoms with E-state index in [4.69, 9.17) is 5.73 Å². The highest BCUT2D eigenvalue weighted by Gasteiger charge is 2.23. The van der Waals surface area contributed by atoms with E-state index in [1.807, 2.05) is 0 Å². The number of anilines is 1. The van der Waals surface area contributed by atoms with Gasteiger partial charge in [-0.05, 0) is 18.3 Å². The van der Waals surface area contributed by atoms with E-state index in [9.17, 15) is 9.59 Å². The molecule has 0 unspecified atom stereocenters. The van der Waals surface area contributed by atoms with Gasteiger partial charge in [-0.2, -0.15) is 0 Å². The maximum atomic E-state index is 11.9. The molecule has 2 atom stereocenters. The van der Waals surface area contributed by atoms with Gasteiger partial charge in [0.15, 0.2) is 0 Å². The van der Waals surface area contributed by atoms with Crippen molar-refractivity contribution in [3.8, 4) is 0 Å². The number of nitrogens with one attached hydrogen (secondary N) is 1. The van der Waals surface area contributed by atoms with Crippen LogP contribution in [0.25, 0.3) is 0 Å². The number of hydrogen-bond donors (Lipinski definition) is 2. The lowest BCUT2D eigenvalue weighted by atomic mass is 9.92. The highest BCUT2D eigenvalue weighted by Crippen LogP contribution is 2.22. The zero-order valence-electron chi connectivity index (χ0n) is 11.8. The third-order valence-corrected chi connectivity index (χ3v) is 3.80. The zero-order valence-corrected chi connectivity index (χ0v) is 11.8. The number of piperidine rings is 1. The molecule has 0 spiro atoms. The number of aromatic amines is 1. The Morgan fingerprint density at radius 1 is 1.26 bits per heavy atom. The minimum Gasteiger partial charge on any atom is -0.385 e. The van der Waals surface area contributed by atoms with E-state index in [1.165, 1.54) is 11.0 Å². The lowest BCUT2D eigenvalue weighted by Gasteiger charge is -2.34. The SMILES string of the molecule is C[C@@H]1C[C@H](C)CN(Cc2c(N)n(C)c(=O)[nH]c2=O)C1. The third kappa shape index (κ3) is 2.89. The summed E-state index contributed by atoms with van der Waals surface area (Å²) in [6.07, 6.45) is 1.22. The van der Waals surface area contributed by atoms with Crippen molar-refractivity contribution in [2.45, 2.75) is 26.8 Å². The van der Waals surface area contributed by atoms with Crippen LogP contribution in [0.15, 0.2) is 9.59 Å². The summed E-state index contributed by atoms with van der Waals surface area (Å²) in [6, 6.07) is 0. The normalized spacial score (nSPS) is 24.6. The Balaban J connectivity index is 2.27. The van der Waals surface area contributed by atoms with Crippen molar-refractivity contribution >= 4 is 5.82 Å². The Morgan fingerprint density at radius 2 is 1.84 bits per heavy atom. The molecule has 1 aliphatic rings. The maximum absolute atomic E-state index is 11.9. The summed E-state index contributed by atoms with van der Waals surface area (Å²) >= 11 is 0. The molecule has 1 aromatic rings. The van der Waals surface area contributed by atoms with Crippen LogP contribution in [-0.2, 0) is 13.6 Å². The van der Waals surface area contributed by atoms with Crippen LogP contribution in [0.2, 0.25) is 0 Å². The fourth-order valence-electron chi connectivity index (χ4n) is 2.98. The summed E-state index contributed by atoms with van der Waals surface area (Å²) in [7, 11) is 1.57. The van der Waals surface area contributed by atoms with Crippen molar-refractivity contribution in [3.05, 3.63) is 26.4 Å². The molecular formula is C13H22N4O2. The molecule has 1 fully saturated rings. The Labute approximate surface area is 112 Å². The van der Waals surface area contributed by atoms with Crippen LogP contribution < -0.4 is 17.0 Å². The van der Waals surface area contributed by atoms with Crippen LogP contribution in [0.3, 0.4) is 0 Å². The molecule has 0 saturated carbocycles. The lowest BCUT2D eigenvalue weighted by molar-refractivity contribution is 0.134. The zero-order chi connectivity index (χ0) is 14.2. The summed E-state index contributed by atoms with van der Waals surface area (Å²) < 4.78 is 1.29.